The number of amides is 3. The molecule has 0 spiro atoms. The number of aromatic nitrogens is 5. The largest absolute Gasteiger partial charge is 0.435 e. The zero-order chi connectivity index (χ0) is 32.4. The third kappa shape index (κ3) is 6.56. The number of carbonyl (C=O) groups is 2. The minimum atomic E-state index is -4.75. The van der Waals surface area contributed by atoms with Crippen molar-refractivity contribution in [3.63, 3.8) is 0 Å². The van der Waals surface area contributed by atoms with E-state index >= 15 is 0 Å². The van der Waals surface area contributed by atoms with Gasteiger partial charge in [-0.15, -0.1) is 0 Å². The minimum absolute atomic E-state index is 0.0346. The van der Waals surface area contributed by atoms with Crippen LogP contribution >= 0.6 is 11.6 Å². The first-order valence-corrected chi connectivity index (χ1v) is 15.0. The summed E-state index contributed by atoms with van der Waals surface area (Å²) in [5.41, 5.74) is -0.222. The quantitative estimate of drug-likeness (QED) is 0.234. The average molecular weight is 656 g/mol. The smallest absolute Gasteiger partial charge is 0.338 e. The van der Waals surface area contributed by atoms with E-state index in [-0.39, 0.29) is 58.3 Å². The first-order chi connectivity index (χ1) is 22.1. The first-order valence-electron chi connectivity index (χ1n) is 14.6. The maximum atomic E-state index is 13.8. The maximum Gasteiger partial charge on any atom is 0.435 e. The van der Waals surface area contributed by atoms with Gasteiger partial charge in [0.05, 0.1) is 34.1 Å². The number of carbonyl (C=O) groups excluding carboxylic acids is 2. The topological polar surface area (TPSA) is 157 Å². The summed E-state index contributed by atoms with van der Waals surface area (Å²) in [7, 11) is 0. The van der Waals surface area contributed by atoms with Crippen LogP contribution in [0.3, 0.4) is 0 Å². The highest BCUT2D eigenvalue weighted by Gasteiger charge is 2.38. The Morgan fingerprint density at radius 2 is 1.91 bits per heavy atom. The Hall–Kier alpha value is -4.88. The molecule has 2 aliphatic rings. The SMILES string of the molecule is N#CCn1cc(-c2cnc3c(Nc4ccc(C(=O)N5CCC(NC(=O)N[C@H]6CCNC6)CC5)c(Cl)c4)nccn23)c(C(F)(F)F)n1. The van der Waals surface area contributed by atoms with Gasteiger partial charge in [-0.3, -0.25) is 13.9 Å². The molecule has 46 heavy (non-hydrogen) atoms. The van der Waals surface area contributed by atoms with E-state index in [4.69, 9.17) is 16.9 Å². The molecule has 240 valence electrons. The number of fused-ring (bicyclic) bond motifs is 1. The summed E-state index contributed by atoms with van der Waals surface area (Å²) in [5, 5.41) is 24.9. The molecule has 2 aliphatic heterocycles. The molecule has 0 saturated carbocycles. The van der Waals surface area contributed by atoms with Crippen molar-refractivity contribution in [1.82, 2.24) is 45.0 Å². The van der Waals surface area contributed by atoms with E-state index in [0.717, 1.165) is 30.4 Å². The number of benzene rings is 1. The molecule has 0 radical (unpaired) electrons. The van der Waals surface area contributed by atoms with Gasteiger partial charge in [0.1, 0.15) is 6.54 Å². The van der Waals surface area contributed by atoms with E-state index in [1.165, 1.54) is 23.0 Å². The summed E-state index contributed by atoms with van der Waals surface area (Å²) in [5.74, 6) is 0.0108. The number of hydrogen-bond donors (Lipinski definition) is 4. The Morgan fingerprint density at radius 1 is 1.13 bits per heavy atom. The molecule has 13 nitrogen and oxygen atoms in total. The molecule has 2 fully saturated rings. The second kappa shape index (κ2) is 12.9. The highest BCUT2D eigenvalue weighted by Crippen LogP contribution is 2.37. The Kier molecular flexibility index (Phi) is 8.69. The van der Waals surface area contributed by atoms with Gasteiger partial charge in [0, 0.05) is 56.0 Å². The fraction of sp³-hybridized carbons (Fsp3) is 0.379. The van der Waals surface area contributed by atoms with Gasteiger partial charge in [-0.1, -0.05) is 11.6 Å². The summed E-state index contributed by atoms with van der Waals surface area (Å²) >= 11 is 6.54. The number of rotatable bonds is 7. The number of nitriles is 1. The molecule has 3 amide bonds. The molecule has 3 aromatic heterocycles. The van der Waals surface area contributed by atoms with Crippen LogP contribution in [0.1, 0.15) is 35.3 Å². The molecule has 0 bridgehead atoms. The molecule has 1 aromatic carbocycles. The lowest BCUT2D eigenvalue weighted by molar-refractivity contribution is -0.141. The molecule has 6 rings (SSSR count). The lowest BCUT2D eigenvalue weighted by Gasteiger charge is -2.33. The van der Waals surface area contributed by atoms with Crippen LogP contribution in [-0.2, 0) is 12.7 Å². The Morgan fingerprint density at radius 3 is 2.61 bits per heavy atom. The lowest BCUT2D eigenvalue weighted by atomic mass is 10.0. The number of piperidine rings is 1. The molecule has 0 aliphatic carbocycles. The summed E-state index contributed by atoms with van der Waals surface area (Å²) < 4.78 is 43.6. The van der Waals surface area contributed by atoms with Gasteiger partial charge >= 0.3 is 12.2 Å². The predicted octanol–water partition coefficient (Wildman–Crippen LogP) is 3.80. The predicted molar refractivity (Wildman–Crippen MR) is 161 cm³/mol. The summed E-state index contributed by atoms with van der Waals surface area (Å²) in [6, 6.07) is 6.49. The van der Waals surface area contributed by atoms with Crippen LogP contribution in [0.15, 0.2) is 43.0 Å². The third-order valence-electron chi connectivity index (χ3n) is 7.94. The normalized spacial score (nSPS) is 17.2. The zero-order valence-electron chi connectivity index (χ0n) is 24.3. The number of nitrogens with zero attached hydrogens (tertiary/aromatic N) is 7. The summed E-state index contributed by atoms with van der Waals surface area (Å²) in [6.45, 7) is 2.23. The minimum Gasteiger partial charge on any atom is -0.338 e. The Labute approximate surface area is 265 Å². The molecule has 4 N–H and O–H groups in total. The van der Waals surface area contributed by atoms with Gasteiger partial charge in [0.15, 0.2) is 17.2 Å². The van der Waals surface area contributed by atoms with Crippen molar-refractivity contribution in [3.8, 4) is 17.3 Å². The molecule has 17 heteroatoms. The van der Waals surface area contributed by atoms with Crippen molar-refractivity contribution in [1.29, 1.82) is 5.26 Å². The van der Waals surface area contributed by atoms with Crippen LogP contribution in [0.2, 0.25) is 5.02 Å². The molecular formula is C29H29ClF3N11O2. The number of urea groups is 1. The maximum absolute atomic E-state index is 13.8. The van der Waals surface area contributed by atoms with E-state index in [1.54, 1.807) is 29.2 Å². The third-order valence-corrected chi connectivity index (χ3v) is 8.25. The van der Waals surface area contributed by atoms with Crippen molar-refractivity contribution in [2.24, 2.45) is 0 Å². The number of imidazole rings is 1. The van der Waals surface area contributed by atoms with E-state index in [0.29, 0.717) is 37.2 Å². The van der Waals surface area contributed by atoms with Crippen LogP contribution < -0.4 is 21.3 Å². The number of alkyl halides is 3. The highest BCUT2D eigenvalue weighted by molar-refractivity contribution is 6.34. The number of hydrogen-bond acceptors (Lipinski definition) is 8. The standard InChI is InChI=1S/C29H29ClF3N11O2/c30-22-13-18(1-2-20(22)27(45)42-9-4-17(5-10-42)39-28(46)40-19-3-7-35-14-19)38-25-26-37-15-23(44(26)12-8-36-25)21-16-43(11-6-34)41-24(21)29(31,32)33/h1-2,8,12-13,15-17,19,35H,3-5,7,9-11,14H2,(H,36,38)(H2,39,40,46)/t19-/m0/s1. The van der Waals surface area contributed by atoms with Crippen LogP contribution in [0.25, 0.3) is 16.9 Å². The van der Waals surface area contributed by atoms with Gasteiger partial charge in [0.2, 0.25) is 0 Å². The summed E-state index contributed by atoms with van der Waals surface area (Å²) in [4.78, 5) is 35.9. The van der Waals surface area contributed by atoms with Crippen molar-refractivity contribution >= 4 is 40.7 Å². The van der Waals surface area contributed by atoms with Crippen LogP contribution in [0, 0.1) is 11.3 Å². The number of likely N-dealkylation sites (tertiary alicyclic amines) is 1. The van der Waals surface area contributed by atoms with Gasteiger partial charge in [-0.05, 0) is 44.0 Å². The van der Waals surface area contributed by atoms with Crippen LogP contribution in [0.5, 0.6) is 0 Å². The lowest BCUT2D eigenvalue weighted by Crippen LogP contribution is -2.51. The van der Waals surface area contributed by atoms with E-state index in [9.17, 15) is 22.8 Å². The average Bonchev–Trinajstić information content (AvgIpc) is 3.78. The second-order valence-electron chi connectivity index (χ2n) is 11.1. The fourth-order valence-electron chi connectivity index (χ4n) is 5.67. The van der Waals surface area contributed by atoms with Crippen molar-refractivity contribution in [2.75, 3.05) is 31.5 Å². The molecule has 4 aromatic rings. The molecule has 0 unspecified atom stereocenters. The monoisotopic (exact) mass is 655 g/mol. The molecule has 2 saturated heterocycles. The number of halogens is 4. The van der Waals surface area contributed by atoms with Crippen LogP contribution in [-0.4, -0.2) is 79.3 Å². The Balaban J connectivity index is 1.13. The van der Waals surface area contributed by atoms with E-state index in [2.05, 4.69) is 36.3 Å². The Bertz CT molecular complexity index is 1800. The summed E-state index contributed by atoms with van der Waals surface area (Å²) in [6.07, 6.45) is 2.69. The molecular weight excluding hydrogens is 627 g/mol. The highest BCUT2D eigenvalue weighted by atomic mass is 35.5. The van der Waals surface area contributed by atoms with Crippen molar-refractivity contribution < 1.29 is 22.8 Å². The van der Waals surface area contributed by atoms with Crippen molar-refractivity contribution in [3.05, 3.63) is 59.3 Å². The second-order valence-corrected chi connectivity index (χ2v) is 11.5. The van der Waals surface area contributed by atoms with Crippen LogP contribution in [0.4, 0.5) is 29.5 Å². The molecule has 1 atom stereocenters. The van der Waals surface area contributed by atoms with E-state index in [1.807, 2.05) is 0 Å². The van der Waals surface area contributed by atoms with Gasteiger partial charge in [-0.25, -0.2) is 14.8 Å². The number of anilines is 2. The van der Waals surface area contributed by atoms with Gasteiger partial charge < -0.3 is 26.2 Å². The fourth-order valence-corrected chi connectivity index (χ4v) is 5.93. The van der Waals surface area contributed by atoms with Gasteiger partial charge in [0.25, 0.3) is 5.91 Å². The zero-order valence-corrected chi connectivity index (χ0v) is 25.1. The van der Waals surface area contributed by atoms with Gasteiger partial charge in [-0.2, -0.15) is 23.5 Å². The first kappa shape index (κ1) is 31.1. The molecule has 5 heterocycles. The van der Waals surface area contributed by atoms with E-state index < -0.39 is 11.9 Å². The van der Waals surface area contributed by atoms with Crippen molar-refractivity contribution in [2.45, 2.75) is 44.1 Å². The number of nitrogens with one attached hydrogen (secondary N) is 4.